The topological polar surface area (TPSA) is 84.9 Å². The first-order valence-electron chi connectivity index (χ1n) is 7.32. The highest BCUT2D eigenvalue weighted by Crippen LogP contribution is 2.27. The highest BCUT2D eigenvalue weighted by atomic mass is 32.2. The zero-order valence-corrected chi connectivity index (χ0v) is 13.6. The molecule has 0 saturated heterocycles. The van der Waals surface area contributed by atoms with Gasteiger partial charge in [-0.2, -0.15) is 0 Å². The second-order valence-corrected chi connectivity index (χ2v) is 6.15. The first kappa shape index (κ1) is 14.8. The van der Waals surface area contributed by atoms with Crippen LogP contribution in [0.5, 0.6) is 0 Å². The lowest BCUT2D eigenvalue weighted by Crippen LogP contribution is -2.01. The van der Waals surface area contributed by atoms with E-state index in [0.29, 0.717) is 22.4 Å². The molecule has 0 aliphatic carbocycles. The lowest BCUT2D eigenvalue weighted by molar-refractivity contribution is 0.102. The second-order valence-electron chi connectivity index (χ2n) is 5.22. The van der Waals surface area contributed by atoms with Gasteiger partial charge in [-0.25, -0.2) is 0 Å². The fourth-order valence-corrected chi connectivity index (χ4v) is 3.14. The van der Waals surface area contributed by atoms with Crippen molar-refractivity contribution in [1.82, 2.24) is 15.2 Å². The standard InChI is InChI=1S/C17H13N3O3S/c1-10-11(6-7-22-10)16-19-20-17(23-16)24-9-15(21)13-8-18-14-5-3-2-4-12(13)14/h2-8,18H,9H2,1H3. The first-order valence-corrected chi connectivity index (χ1v) is 8.31. The highest BCUT2D eigenvalue weighted by molar-refractivity contribution is 7.99. The Morgan fingerprint density at radius 2 is 2.12 bits per heavy atom. The lowest BCUT2D eigenvalue weighted by Gasteiger charge is -1.97. The van der Waals surface area contributed by atoms with E-state index in [-0.39, 0.29) is 11.5 Å². The quantitative estimate of drug-likeness (QED) is 0.435. The van der Waals surface area contributed by atoms with Crippen molar-refractivity contribution in [2.75, 3.05) is 5.75 Å². The van der Waals surface area contributed by atoms with Crippen molar-refractivity contribution < 1.29 is 13.6 Å². The van der Waals surface area contributed by atoms with Crippen LogP contribution < -0.4 is 0 Å². The van der Waals surface area contributed by atoms with E-state index in [0.717, 1.165) is 16.5 Å². The Balaban J connectivity index is 1.48. The van der Waals surface area contributed by atoms with Crippen LogP contribution in [0.3, 0.4) is 0 Å². The number of aryl methyl sites for hydroxylation is 1. The van der Waals surface area contributed by atoms with Gasteiger partial charge in [0.25, 0.3) is 11.1 Å². The van der Waals surface area contributed by atoms with Gasteiger partial charge in [0.2, 0.25) is 0 Å². The molecule has 4 rings (SSSR count). The van der Waals surface area contributed by atoms with Crippen molar-refractivity contribution in [1.29, 1.82) is 0 Å². The van der Waals surface area contributed by atoms with Gasteiger partial charge >= 0.3 is 0 Å². The van der Waals surface area contributed by atoms with Gasteiger partial charge < -0.3 is 13.8 Å². The van der Waals surface area contributed by atoms with Crippen molar-refractivity contribution in [3.05, 3.63) is 54.1 Å². The van der Waals surface area contributed by atoms with Crippen LogP contribution in [0.25, 0.3) is 22.4 Å². The average Bonchev–Trinajstić information content (AvgIpc) is 3.31. The Morgan fingerprint density at radius 1 is 1.25 bits per heavy atom. The smallest absolute Gasteiger partial charge is 0.277 e. The number of Topliss-reactive ketones (excluding diaryl/α,β-unsaturated/α-hetero) is 1. The summed E-state index contributed by atoms with van der Waals surface area (Å²) in [5.41, 5.74) is 2.38. The molecule has 0 radical (unpaired) electrons. The molecule has 6 nitrogen and oxygen atoms in total. The van der Waals surface area contributed by atoms with Crippen LogP contribution in [0.4, 0.5) is 0 Å². The number of carbonyl (C=O) groups excluding carboxylic acids is 1. The number of para-hydroxylation sites is 1. The summed E-state index contributed by atoms with van der Waals surface area (Å²) in [6.45, 7) is 1.83. The van der Waals surface area contributed by atoms with Gasteiger partial charge in [0.05, 0.1) is 17.6 Å². The summed E-state index contributed by atoms with van der Waals surface area (Å²) in [5, 5.41) is 9.25. The predicted molar refractivity (Wildman–Crippen MR) is 90.1 cm³/mol. The summed E-state index contributed by atoms with van der Waals surface area (Å²) in [5.74, 6) is 1.35. The number of fused-ring (bicyclic) bond motifs is 1. The molecule has 0 unspecified atom stereocenters. The van der Waals surface area contributed by atoms with Gasteiger partial charge in [-0.1, -0.05) is 30.0 Å². The van der Waals surface area contributed by atoms with Gasteiger partial charge in [-0.3, -0.25) is 4.79 Å². The molecule has 3 aromatic heterocycles. The van der Waals surface area contributed by atoms with Crippen LogP contribution >= 0.6 is 11.8 Å². The van der Waals surface area contributed by atoms with Crippen LogP contribution in [0.1, 0.15) is 16.1 Å². The number of thioether (sulfide) groups is 1. The van der Waals surface area contributed by atoms with Crippen molar-refractivity contribution >= 4 is 28.4 Å². The summed E-state index contributed by atoms with van der Waals surface area (Å²) in [6.07, 6.45) is 3.31. The molecular formula is C17H13N3O3S. The SMILES string of the molecule is Cc1occc1-c1nnc(SCC(=O)c2c[nH]c3ccccc23)o1. The van der Waals surface area contributed by atoms with E-state index in [1.807, 2.05) is 31.2 Å². The maximum absolute atomic E-state index is 12.4. The lowest BCUT2D eigenvalue weighted by atomic mass is 10.1. The largest absolute Gasteiger partial charge is 0.469 e. The number of furan rings is 1. The number of aromatic nitrogens is 3. The number of nitrogens with zero attached hydrogens (tertiary/aromatic N) is 2. The van der Waals surface area contributed by atoms with Crippen LogP contribution in [-0.2, 0) is 0 Å². The van der Waals surface area contributed by atoms with Gasteiger partial charge in [0, 0.05) is 22.7 Å². The number of aromatic amines is 1. The van der Waals surface area contributed by atoms with Crippen molar-refractivity contribution in [2.45, 2.75) is 12.1 Å². The number of rotatable bonds is 5. The summed E-state index contributed by atoms with van der Waals surface area (Å²) >= 11 is 1.22. The fourth-order valence-electron chi connectivity index (χ4n) is 2.49. The molecule has 0 aliphatic rings. The Morgan fingerprint density at radius 3 is 2.96 bits per heavy atom. The molecule has 1 aromatic carbocycles. The molecule has 0 saturated carbocycles. The van der Waals surface area contributed by atoms with Gasteiger partial charge in [-0.05, 0) is 19.1 Å². The molecule has 0 amide bonds. The molecule has 1 N–H and O–H groups in total. The van der Waals surface area contributed by atoms with Crippen molar-refractivity contribution in [3.63, 3.8) is 0 Å². The highest BCUT2D eigenvalue weighted by Gasteiger charge is 2.16. The van der Waals surface area contributed by atoms with Crippen LogP contribution in [0.2, 0.25) is 0 Å². The first-order chi connectivity index (χ1) is 11.7. The molecule has 0 atom stereocenters. The maximum atomic E-state index is 12.4. The fraction of sp³-hybridized carbons (Fsp3) is 0.118. The Labute approximate surface area is 141 Å². The number of carbonyl (C=O) groups is 1. The minimum atomic E-state index is 0.0108. The summed E-state index contributed by atoms with van der Waals surface area (Å²) < 4.78 is 10.8. The second kappa shape index (κ2) is 6.01. The van der Waals surface area contributed by atoms with E-state index in [4.69, 9.17) is 8.83 Å². The van der Waals surface area contributed by atoms with E-state index < -0.39 is 0 Å². The van der Waals surface area contributed by atoms with E-state index in [9.17, 15) is 4.79 Å². The minimum Gasteiger partial charge on any atom is -0.469 e. The molecule has 120 valence electrons. The van der Waals surface area contributed by atoms with E-state index in [1.54, 1.807) is 18.5 Å². The van der Waals surface area contributed by atoms with Crippen LogP contribution in [-0.4, -0.2) is 26.7 Å². The summed E-state index contributed by atoms with van der Waals surface area (Å²) in [6, 6.07) is 9.48. The number of hydrogen-bond donors (Lipinski definition) is 1. The predicted octanol–water partition coefficient (Wildman–Crippen LogP) is 4.09. The molecular weight excluding hydrogens is 326 g/mol. The third kappa shape index (κ3) is 2.63. The third-order valence-corrected chi connectivity index (χ3v) is 4.53. The summed E-state index contributed by atoms with van der Waals surface area (Å²) in [7, 11) is 0. The Kier molecular flexibility index (Phi) is 3.70. The summed E-state index contributed by atoms with van der Waals surface area (Å²) in [4.78, 5) is 15.5. The molecule has 4 aromatic rings. The normalized spacial score (nSPS) is 11.2. The Hall–Kier alpha value is -2.80. The monoisotopic (exact) mass is 339 g/mol. The number of hydrogen-bond acceptors (Lipinski definition) is 6. The molecule has 0 spiro atoms. The average molecular weight is 339 g/mol. The number of H-pyrrole nitrogens is 1. The minimum absolute atomic E-state index is 0.0108. The van der Waals surface area contributed by atoms with Gasteiger partial charge in [0.1, 0.15) is 5.76 Å². The van der Waals surface area contributed by atoms with Crippen LogP contribution in [0.15, 0.2) is 56.8 Å². The maximum Gasteiger partial charge on any atom is 0.277 e. The Bertz CT molecular complexity index is 1010. The third-order valence-electron chi connectivity index (χ3n) is 3.71. The van der Waals surface area contributed by atoms with E-state index >= 15 is 0 Å². The van der Waals surface area contributed by atoms with Gasteiger partial charge in [0.15, 0.2) is 5.78 Å². The number of benzene rings is 1. The zero-order valence-electron chi connectivity index (χ0n) is 12.8. The van der Waals surface area contributed by atoms with Crippen molar-refractivity contribution in [3.8, 4) is 11.5 Å². The molecule has 7 heteroatoms. The van der Waals surface area contributed by atoms with Crippen LogP contribution in [0, 0.1) is 6.92 Å². The molecule has 0 bridgehead atoms. The molecule has 24 heavy (non-hydrogen) atoms. The number of nitrogens with one attached hydrogen (secondary N) is 1. The molecule has 3 heterocycles. The van der Waals surface area contributed by atoms with E-state index in [1.165, 1.54) is 11.8 Å². The zero-order chi connectivity index (χ0) is 16.5. The van der Waals surface area contributed by atoms with Gasteiger partial charge in [-0.15, -0.1) is 10.2 Å². The van der Waals surface area contributed by atoms with E-state index in [2.05, 4.69) is 15.2 Å². The van der Waals surface area contributed by atoms with Crippen molar-refractivity contribution in [2.24, 2.45) is 0 Å². The molecule has 0 aliphatic heterocycles. The molecule has 0 fully saturated rings. The number of ketones is 1.